The maximum Gasteiger partial charge on any atom is 0.387 e. The zero-order valence-electron chi connectivity index (χ0n) is 18.6. The Morgan fingerprint density at radius 1 is 1.12 bits per heavy atom. The van der Waals surface area contributed by atoms with Crippen molar-refractivity contribution in [2.24, 2.45) is 5.92 Å². The monoisotopic (exact) mass is 482 g/mol. The van der Waals surface area contributed by atoms with Crippen LogP contribution in [0.2, 0.25) is 0 Å². The number of carbonyl (C=O) groups excluding carboxylic acids is 1. The Morgan fingerprint density at radius 2 is 1.79 bits per heavy atom. The van der Waals surface area contributed by atoms with E-state index in [2.05, 4.69) is 17.0 Å². The van der Waals surface area contributed by atoms with Crippen LogP contribution in [0.5, 0.6) is 11.5 Å². The van der Waals surface area contributed by atoms with Gasteiger partial charge in [-0.05, 0) is 67.1 Å². The first-order valence-electron chi connectivity index (χ1n) is 10.7. The molecule has 1 heterocycles. The van der Waals surface area contributed by atoms with E-state index in [1.807, 2.05) is 0 Å². The number of halogens is 2. The second-order valence-electron chi connectivity index (χ2n) is 7.98. The van der Waals surface area contributed by atoms with Crippen LogP contribution in [0, 0.1) is 5.92 Å². The van der Waals surface area contributed by atoms with Crippen molar-refractivity contribution < 1.29 is 31.5 Å². The Hall–Kier alpha value is -2.72. The topological polar surface area (TPSA) is 84.9 Å². The molecule has 0 spiro atoms. The van der Waals surface area contributed by atoms with Crippen molar-refractivity contribution in [2.45, 2.75) is 37.7 Å². The van der Waals surface area contributed by atoms with Gasteiger partial charge in [-0.2, -0.15) is 13.1 Å². The summed E-state index contributed by atoms with van der Waals surface area (Å²) in [5, 5.41) is 2.77. The van der Waals surface area contributed by atoms with Crippen LogP contribution in [0.25, 0.3) is 0 Å². The van der Waals surface area contributed by atoms with Gasteiger partial charge in [-0.25, -0.2) is 8.42 Å². The summed E-state index contributed by atoms with van der Waals surface area (Å²) in [6, 6.07) is 10.5. The second-order valence-corrected chi connectivity index (χ2v) is 9.92. The molecule has 0 atom stereocenters. The zero-order chi connectivity index (χ0) is 24.0. The highest BCUT2D eigenvalue weighted by molar-refractivity contribution is 7.89. The van der Waals surface area contributed by atoms with E-state index >= 15 is 0 Å². The molecule has 0 saturated carbocycles. The van der Waals surface area contributed by atoms with Crippen molar-refractivity contribution in [3.63, 3.8) is 0 Å². The van der Waals surface area contributed by atoms with Crippen molar-refractivity contribution in [1.82, 2.24) is 9.62 Å². The molecular weight excluding hydrogens is 454 g/mol. The molecule has 1 aliphatic rings. The Balaban J connectivity index is 1.56. The van der Waals surface area contributed by atoms with Crippen LogP contribution in [-0.4, -0.2) is 52.0 Å². The van der Waals surface area contributed by atoms with Crippen LogP contribution in [0.3, 0.4) is 0 Å². The first-order valence-corrected chi connectivity index (χ1v) is 12.1. The third-order valence-electron chi connectivity index (χ3n) is 5.64. The Bertz CT molecular complexity index is 1050. The zero-order valence-corrected chi connectivity index (χ0v) is 19.4. The molecule has 3 rings (SSSR count). The maximum atomic E-state index is 12.8. The summed E-state index contributed by atoms with van der Waals surface area (Å²) in [7, 11) is -2.21. The van der Waals surface area contributed by atoms with Gasteiger partial charge in [-0.3, -0.25) is 4.79 Å². The third kappa shape index (κ3) is 6.42. The fraction of sp³-hybridized carbons (Fsp3) is 0.435. The quantitative estimate of drug-likeness (QED) is 0.589. The fourth-order valence-corrected chi connectivity index (χ4v) is 5.11. The van der Waals surface area contributed by atoms with Crippen LogP contribution < -0.4 is 14.8 Å². The molecular formula is C23H28F2N2O5S. The van der Waals surface area contributed by atoms with E-state index in [-0.39, 0.29) is 22.3 Å². The summed E-state index contributed by atoms with van der Waals surface area (Å²) >= 11 is 0. The van der Waals surface area contributed by atoms with Gasteiger partial charge in [-0.15, -0.1) is 0 Å². The number of nitrogens with zero attached hydrogens (tertiary/aromatic N) is 1. The predicted octanol–water partition coefficient (Wildman–Crippen LogP) is 3.69. The van der Waals surface area contributed by atoms with E-state index in [0.29, 0.717) is 37.5 Å². The van der Waals surface area contributed by atoms with Gasteiger partial charge in [0.15, 0.2) is 11.5 Å². The number of nitrogens with one attached hydrogen (secondary N) is 1. The number of alkyl halides is 2. The van der Waals surface area contributed by atoms with E-state index in [1.54, 1.807) is 12.1 Å². The molecule has 0 radical (unpaired) electrons. The third-order valence-corrected chi connectivity index (χ3v) is 7.55. The predicted molar refractivity (Wildman–Crippen MR) is 119 cm³/mol. The van der Waals surface area contributed by atoms with Gasteiger partial charge < -0.3 is 14.8 Å². The van der Waals surface area contributed by atoms with Gasteiger partial charge in [-0.1, -0.05) is 13.0 Å². The average Bonchev–Trinajstić information content (AvgIpc) is 2.80. The number of carbonyl (C=O) groups is 1. The normalized spacial score (nSPS) is 15.4. The van der Waals surface area contributed by atoms with Crippen LogP contribution >= 0.6 is 0 Å². The van der Waals surface area contributed by atoms with Crippen molar-refractivity contribution in [3.05, 3.63) is 53.6 Å². The molecule has 0 unspecified atom stereocenters. The summed E-state index contributed by atoms with van der Waals surface area (Å²) in [5.41, 5.74) is 1.12. The number of rotatable bonds is 9. The second kappa shape index (κ2) is 10.9. The summed E-state index contributed by atoms with van der Waals surface area (Å²) in [6.45, 7) is 0.472. The largest absolute Gasteiger partial charge is 0.493 e. The van der Waals surface area contributed by atoms with E-state index in [1.165, 1.54) is 41.7 Å². The lowest BCUT2D eigenvalue weighted by Crippen LogP contribution is -2.37. The summed E-state index contributed by atoms with van der Waals surface area (Å²) in [5.74, 6) is 0.302. The number of hydrogen-bond acceptors (Lipinski definition) is 5. The van der Waals surface area contributed by atoms with Crippen LogP contribution in [0.4, 0.5) is 8.78 Å². The number of piperidine rings is 1. The molecule has 1 saturated heterocycles. The smallest absolute Gasteiger partial charge is 0.387 e. The van der Waals surface area contributed by atoms with Crippen LogP contribution in [0.15, 0.2) is 47.4 Å². The first-order chi connectivity index (χ1) is 15.7. The van der Waals surface area contributed by atoms with E-state index in [4.69, 9.17) is 4.74 Å². The van der Waals surface area contributed by atoms with Crippen molar-refractivity contribution in [2.75, 3.05) is 26.7 Å². The Labute approximate surface area is 192 Å². The molecule has 1 N–H and O–H groups in total. The van der Waals surface area contributed by atoms with Crippen molar-refractivity contribution >= 4 is 15.9 Å². The molecule has 2 aromatic rings. The number of methoxy groups -OCH3 is 1. The molecule has 180 valence electrons. The lowest BCUT2D eigenvalue weighted by Gasteiger charge is -2.29. The molecule has 1 fully saturated rings. The highest BCUT2D eigenvalue weighted by Gasteiger charge is 2.28. The molecule has 1 amide bonds. The van der Waals surface area contributed by atoms with Crippen LogP contribution in [-0.2, 0) is 16.4 Å². The number of sulfonamides is 1. The average molecular weight is 483 g/mol. The minimum Gasteiger partial charge on any atom is -0.493 e. The van der Waals surface area contributed by atoms with E-state index < -0.39 is 16.6 Å². The van der Waals surface area contributed by atoms with Crippen LogP contribution in [0.1, 0.15) is 35.7 Å². The highest BCUT2D eigenvalue weighted by atomic mass is 32.2. The standard InChI is InChI=1S/C23H28F2N2O5S/c1-16-10-13-27(14-11-16)33(29,30)19-6-4-18(5-7-19)22(28)26-12-9-17-3-8-20(32-23(24)25)21(15-17)31-2/h3-8,15-16,23H,9-14H2,1-2H3,(H,26,28). The fourth-order valence-electron chi connectivity index (χ4n) is 3.64. The number of amides is 1. The molecule has 7 nitrogen and oxygen atoms in total. The van der Waals surface area contributed by atoms with Crippen molar-refractivity contribution in [3.8, 4) is 11.5 Å². The van der Waals surface area contributed by atoms with Gasteiger partial charge in [0.05, 0.1) is 12.0 Å². The Morgan fingerprint density at radius 3 is 2.39 bits per heavy atom. The van der Waals surface area contributed by atoms with Gasteiger partial charge >= 0.3 is 6.61 Å². The van der Waals surface area contributed by atoms with E-state index in [9.17, 15) is 22.0 Å². The summed E-state index contributed by atoms with van der Waals surface area (Å²) in [4.78, 5) is 12.6. The molecule has 2 aromatic carbocycles. The molecule has 0 bridgehead atoms. The number of ether oxygens (including phenoxy) is 2. The molecule has 1 aliphatic heterocycles. The minimum absolute atomic E-state index is 0.0607. The SMILES string of the molecule is COc1cc(CCNC(=O)c2ccc(S(=O)(=O)N3CCC(C)CC3)cc2)ccc1OC(F)F. The maximum absolute atomic E-state index is 12.8. The molecule has 0 aromatic heterocycles. The van der Waals surface area contributed by atoms with E-state index in [0.717, 1.165) is 18.4 Å². The summed E-state index contributed by atoms with van der Waals surface area (Å²) < 4.78 is 61.4. The minimum atomic E-state index is -3.57. The van der Waals surface area contributed by atoms with Crippen molar-refractivity contribution in [1.29, 1.82) is 0 Å². The molecule has 10 heteroatoms. The lowest BCUT2D eigenvalue weighted by molar-refractivity contribution is -0.0512. The first kappa shape index (κ1) is 24.9. The number of benzene rings is 2. The van der Waals surface area contributed by atoms with Gasteiger partial charge in [0.1, 0.15) is 0 Å². The molecule has 0 aliphatic carbocycles. The van der Waals surface area contributed by atoms with Gasteiger partial charge in [0, 0.05) is 25.2 Å². The summed E-state index contributed by atoms with van der Waals surface area (Å²) in [6.07, 6.45) is 2.12. The number of hydrogen-bond donors (Lipinski definition) is 1. The lowest BCUT2D eigenvalue weighted by atomic mass is 10.0. The van der Waals surface area contributed by atoms with Gasteiger partial charge in [0.2, 0.25) is 10.0 Å². The Kier molecular flexibility index (Phi) is 8.25. The molecule has 33 heavy (non-hydrogen) atoms. The van der Waals surface area contributed by atoms with Gasteiger partial charge in [0.25, 0.3) is 5.91 Å². The highest BCUT2D eigenvalue weighted by Crippen LogP contribution is 2.29.